The van der Waals surface area contributed by atoms with Crippen LogP contribution in [0.3, 0.4) is 0 Å². The van der Waals surface area contributed by atoms with Gasteiger partial charge in [-0.25, -0.2) is 0 Å². The predicted octanol–water partition coefficient (Wildman–Crippen LogP) is 1.14. The molecule has 0 bridgehead atoms. The van der Waals surface area contributed by atoms with E-state index in [1.54, 1.807) is 0 Å². The Morgan fingerprint density at radius 3 is 2.67 bits per heavy atom. The zero-order valence-electron chi connectivity index (χ0n) is 9.80. The van der Waals surface area contributed by atoms with Crippen LogP contribution in [-0.4, -0.2) is 38.9 Å². The van der Waals surface area contributed by atoms with Crippen LogP contribution in [0.1, 0.15) is 32.1 Å². The number of ether oxygens (including phenoxy) is 1. The summed E-state index contributed by atoms with van der Waals surface area (Å²) in [5, 5.41) is 7.04. The molecule has 1 heterocycles. The number of hydrogen-bond donors (Lipinski definition) is 2. The van der Waals surface area contributed by atoms with Gasteiger partial charge in [0, 0.05) is 13.2 Å². The molecular formula is C12H24N2O. The second-order valence-corrected chi connectivity index (χ2v) is 4.96. The summed E-state index contributed by atoms with van der Waals surface area (Å²) in [5.74, 6) is 0.956. The highest BCUT2D eigenvalue weighted by Gasteiger charge is 2.28. The minimum Gasteiger partial charge on any atom is -0.381 e. The Kier molecular flexibility index (Phi) is 4.42. The van der Waals surface area contributed by atoms with Crippen molar-refractivity contribution in [3.63, 3.8) is 0 Å². The Bertz CT molecular complexity index is 174. The summed E-state index contributed by atoms with van der Waals surface area (Å²) in [5.41, 5.74) is 0. The normalized spacial score (nSPS) is 32.6. The third-order valence-corrected chi connectivity index (χ3v) is 3.87. The number of piperidine rings is 1. The van der Waals surface area contributed by atoms with E-state index < -0.39 is 0 Å². The molecule has 0 atom stereocenters. The van der Waals surface area contributed by atoms with Gasteiger partial charge in [-0.05, 0) is 57.7 Å². The summed E-state index contributed by atoms with van der Waals surface area (Å²) in [6.45, 7) is 3.64. The highest BCUT2D eigenvalue weighted by atomic mass is 16.5. The van der Waals surface area contributed by atoms with Gasteiger partial charge in [-0.1, -0.05) is 0 Å². The van der Waals surface area contributed by atoms with E-state index in [0.29, 0.717) is 6.10 Å². The average molecular weight is 212 g/mol. The van der Waals surface area contributed by atoms with E-state index in [2.05, 4.69) is 10.6 Å². The van der Waals surface area contributed by atoms with E-state index in [0.717, 1.165) is 12.0 Å². The monoisotopic (exact) mass is 212 g/mol. The molecule has 88 valence electrons. The van der Waals surface area contributed by atoms with E-state index in [9.17, 15) is 0 Å². The molecule has 1 aliphatic carbocycles. The van der Waals surface area contributed by atoms with Gasteiger partial charge < -0.3 is 15.4 Å². The van der Waals surface area contributed by atoms with Gasteiger partial charge in [0.1, 0.15) is 0 Å². The Balaban J connectivity index is 1.48. The van der Waals surface area contributed by atoms with Crippen LogP contribution in [0.15, 0.2) is 0 Å². The van der Waals surface area contributed by atoms with Crippen molar-refractivity contribution in [1.82, 2.24) is 10.6 Å². The lowest BCUT2D eigenvalue weighted by Gasteiger charge is -2.35. The Hall–Kier alpha value is -0.120. The molecule has 0 radical (unpaired) electrons. The van der Waals surface area contributed by atoms with Crippen molar-refractivity contribution in [3.05, 3.63) is 0 Å². The summed E-state index contributed by atoms with van der Waals surface area (Å²) >= 11 is 0. The Morgan fingerprint density at radius 1 is 1.27 bits per heavy atom. The maximum absolute atomic E-state index is 5.26. The van der Waals surface area contributed by atoms with Gasteiger partial charge in [0.05, 0.1) is 6.10 Å². The molecule has 1 saturated heterocycles. The zero-order chi connectivity index (χ0) is 10.5. The van der Waals surface area contributed by atoms with E-state index in [-0.39, 0.29) is 0 Å². The molecule has 0 aromatic heterocycles. The first-order valence-electron chi connectivity index (χ1n) is 6.35. The quantitative estimate of drug-likeness (QED) is 0.717. The van der Waals surface area contributed by atoms with Crippen molar-refractivity contribution >= 4 is 0 Å². The molecule has 1 aliphatic heterocycles. The molecule has 0 unspecified atom stereocenters. The molecule has 3 heteroatoms. The van der Waals surface area contributed by atoms with Gasteiger partial charge in [0.2, 0.25) is 0 Å². The molecule has 2 N–H and O–H groups in total. The second kappa shape index (κ2) is 5.83. The molecule has 15 heavy (non-hydrogen) atoms. The lowest BCUT2D eigenvalue weighted by molar-refractivity contribution is 0.0171. The molecule has 2 aliphatic rings. The van der Waals surface area contributed by atoms with Crippen molar-refractivity contribution in [2.75, 3.05) is 26.7 Å². The van der Waals surface area contributed by atoms with Crippen LogP contribution in [-0.2, 0) is 4.74 Å². The lowest BCUT2D eigenvalue weighted by Crippen LogP contribution is -2.45. The third-order valence-electron chi connectivity index (χ3n) is 3.87. The topological polar surface area (TPSA) is 33.3 Å². The molecule has 3 nitrogen and oxygen atoms in total. The minimum atomic E-state index is 0.529. The molecular weight excluding hydrogens is 188 g/mol. The maximum atomic E-state index is 5.26. The number of nitrogens with one attached hydrogen (secondary N) is 2. The fourth-order valence-electron chi connectivity index (χ4n) is 2.59. The van der Waals surface area contributed by atoms with Crippen molar-refractivity contribution in [3.8, 4) is 0 Å². The van der Waals surface area contributed by atoms with Crippen LogP contribution in [0.25, 0.3) is 0 Å². The molecule has 2 fully saturated rings. The van der Waals surface area contributed by atoms with Crippen LogP contribution in [0.4, 0.5) is 0 Å². The van der Waals surface area contributed by atoms with E-state index in [1.807, 2.05) is 7.11 Å². The maximum Gasteiger partial charge on any atom is 0.0601 e. The van der Waals surface area contributed by atoms with Gasteiger partial charge in [0.15, 0.2) is 0 Å². The molecule has 0 aromatic carbocycles. The first-order chi connectivity index (χ1) is 7.38. The number of rotatable bonds is 5. The third kappa shape index (κ3) is 3.44. The Morgan fingerprint density at radius 2 is 2.00 bits per heavy atom. The van der Waals surface area contributed by atoms with Crippen LogP contribution < -0.4 is 10.6 Å². The second-order valence-electron chi connectivity index (χ2n) is 4.96. The summed E-state index contributed by atoms with van der Waals surface area (Å²) in [7, 11) is 1.82. The molecule has 0 aromatic rings. The van der Waals surface area contributed by atoms with Crippen LogP contribution >= 0.6 is 0 Å². The molecule has 2 rings (SSSR count). The summed E-state index contributed by atoms with van der Waals surface area (Å²) in [6, 6.07) is 0.733. The SMILES string of the molecule is COC1CC(NCCC2CCNCC2)C1. The summed E-state index contributed by atoms with van der Waals surface area (Å²) in [4.78, 5) is 0. The van der Waals surface area contributed by atoms with Gasteiger partial charge in [-0.15, -0.1) is 0 Å². The largest absolute Gasteiger partial charge is 0.381 e. The van der Waals surface area contributed by atoms with Crippen molar-refractivity contribution in [1.29, 1.82) is 0 Å². The first kappa shape index (κ1) is 11.4. The smallest absolute Gasteiger partial charge is 0.0601 e. The lowest BCUT2D eigenvalue weighted by atomic mass is 9.88. The van der Waals surface area contributed by atoms with E-state index >= 15 is 0 Å². The standard InChI is InChI=1S/C12H24N2O/c1-15-12-8-11(9-12)14-7-4-10-2-5-13-6-3-10/h10-14H,2-9H2,1H3. The first-order valence-corrected chi connectivity index (χ1v) is 6.35. The fraction of sp³-hybridized carbons (Fsp3) is 1.00. The Labute approximate surface area is 93.0 Å². The van der Waals surface area contributed by atoms with Gasteiger partial charge in [0.25, 0.3) is 0 Å². The van der Waals surface area contributed by atoms with E-state index in [1.165, 1.54) is 51.7 Å². The summed E-state index contributed by atoms with van der Waals surface area (Å²) < 4.78 is 5.26. The number of methoxy groups -OCH3 is 1. The van der Waals surface area contributed by atoms with Gasteiger partial charge in [-0.3, -0.25) is 0 Å². The molecule has 0 spiro atoms. The van der Waals surface area contributed by atoms with Crippen molar-refractivity contribution in [2.24, 2.45) is 5.92 Å². The average Bonchev–Trinajstić information content (AvgIpc) is 2.23. The molecule has 0 amide bonds. The van der Waals surface area contributed by atoms with Gasteiger partial charge in [-0.2, -0.15) is 0 Å². The minimum absolute atomic E-state index is 0.529. The van der Waals surface area contributed by atoms with Crippen molar-refractivity contribution in [2.45, 2.75) is 44.2 Å². The van der Waals surface area contributed by atoms with Crippen LogP contribution in [0.2, 0.25) is 0 Å². The molecule has 1 saturated carbocycles. The van der Waals surface area contributed by atoms with E-state index in [4.69, 9.17) is 4.74 Å². The van der Waals surface area contributed by atoms with Crippen LogP contribution in [0, 0.1) is 5.92 Å². The highest BCUT2D eigenvalue weighted by Crippen LogP contribution is 2.23. The summed E-state index contributed by atoms with van der Waals surface area (Å²) in [6.07, 6.45) is 7.04. The number of hydrogen-bond acceptors (Lipinski definition) is 3. The zero-order valence-corrected chi connectivity index (χ0v) is 9.80. The van der Waals surface area contributed by atoms with Crippen molar-refractivity contribution < 1.29 is 4.74 Å². The fourth-order valence-corrected chi connectivity index (χ4v) is 2.59. The predicted molar refractivity (Wildman–Crippen MR) is 62.0 cm³/mol. The highest BCUT2D eigenvalue weighted by molar-refractivity contribution is 4.85. The van der Waals surface area contributed by atoms with Crippen LogP contribution in [0.5, 0.6) is 0 Å². The van der Waals surface area contributed by atoms with Gasteiger partial charge >= 0.3 is 0 Å².